The fourth-order valence-corrected chi connectivity index (χ4v) is 2.09. The van der Waals surface area contributed by atoms with Gasteiger partial charge in [0.25, 0.3) is 10.8 Å². The molecule has 2 rings (SSSR count). The number of rotatable bonds is 5. The average Bonchev–Trinajstić information content (AvgIpc) is 2.43. The van der Waals surface area contributed by atoms with Crippen LogP contribution in [0.25, 0.3) is 0 Å². The Kier molecular flexibility index (Phi) is 4.58. The van der Waals surface area contributed by atoms with Gasteiger partial charge in [0.05, 0.1) is 13.2 Å². The fraction of sp³-hybridized carbons (Fsp3) is 0.200. The summed E-state index contributed by atoms with van der Waals surface area (Å²) in [6, 6.07) is 11.1. The Morgan fingerprint density at radius 2 is 1.95 bits per heavy atom. The quantitative estimate of drug-likeness (QED) is 0.796. The lowest BCUT2D eigenvalue weighted by molar-refractivity contribution is 0.107. The molecule has 104 valence electrons. The number of hydrogen-bond donors (Lipinski definition) is 0. The summed E-state index contributed by atoms with van der Waals surface area (Å²) in [5.41, 5.74) is 0.401. The first-order chi connectivity index (χ1) is 9.63. The van der Waals surface area contributed by atoms with E-state index in [9.17, 15) is 9.59 Å². The molecule has 0 spiro atoms. The van der Waals surface area contributed by atoms with Gasteiger partial charge in [0.2, 0.25) is 0 Å². The van der Waals surface area contributed by atoms with E-state index in [4.69, 9.17) is 16.3 Å². The zero-order valence-electron chi connectivity index (χ0n) is 11.0. The summed E-state index contributed by atoms with van der Waals surface area (Å²) in [6.45, 7) is 2.51. The van der Waals surface area contributed by atoms with E-state index < -0.39 is 10.8 Å². The zero-order valence-corrected chi connectivity index (χ0v) is 11.8. The summed E-state index contributed by atoms with van der Waals surface area (Å²) >= 11 is 5.49. The molecule has 0 fully saturated rings. The Morgan fingerprint density at radius 1 is 1.25 bits per heavy atom. The molecule has 4 nitrogen and oxygen atoms in total. The summed E-state index contributed by atoms with van der Waals surface area (Å²) in [7, 11) is 0. The van der Waals surface area contributed by atoms with Gasteiger partial charge >= 0.3 is 0 Å². The van der Waals surface area contributed by atoms with Crippen molar-refractivity contribution in [1.29, 1.82) is 0 Å². The van der Waals surface area contributed by atoms with Gasteiger partial charge in [-0.1, -0.05) is 30.3 Å². The number of carbonyl (C=O) groups is 1. The third kappa shape index (κ3) is 3.08. The van der Waals surface area contributed by atoms with Crippen molar-refractivity contribution in [3.8, 4) is 5.75 Å². The van der Waals surface area contributed by atoms with Crippen LogP contribution in [-0.4, -0.2) is 16.4 Å². The molecule has 0 aliphatic rings. The summed E-state index contributed by atoms with van der Waals surface area (Å²) in [5, 5.41) is -0.805. The molecular formula is C15H14ClNO3. The topological polar surface area (TPSA) is 48.3 Å². The minimum atomic E-state index is -0.805. The summed E-state index contributed by atoms with van der Waals surface area (Å²) in [6.07, 6.45) is 1.60. The van der Waals surface area contributed by atoms with Crippen molar-refractivity contribution < 1.29 is 9.53 Å². The Bertz CT molecular complexity index is 665. The summed E-state index contributed by atoms with van der Waals surface area (Å²) in [5.74, 6) is 0.224. The van der Waals surface area contributed by atoms with E-state index in [1.165, 1.54) is 4.57 Å². The minimum Gasteiger partial charge on any atom is -0.493 e. The number of nitrogens with zero attached hydrogens (tertiary/aromatic N) is 1. The number of carbonyl (C=O) groups excluding carboxylic acids is 1. The molecule has 5 heteroatoms. The second-order valence-corrected chi connectivity index (χ2v) is 4.52. The van der Waals surface area contributed by atoms with E-state index >= 15 is 0 Å². The third-order valence-corrected chi connectivity index (χ3v) is 3.01. The first kappa shape index (κ1) is 14.3. The number of hydrogen-bond acceptors (Lipinski definition) is 3. The van der Waals surface area contributed by atoms with Gasteiger partial charge in [-0.05, 0) is 30.2 Å². The fourth-order valence-electron chi connectivity index (χ4n) is 1.92. The van der Waals surface area contributed by atoms with E-state index in [1.54, 1.807) is 19.2 Å². The van der Waals surface area contributed by atoms with Crippen molar-refractivity contribution in [3.05, 3.63) is 64.1 Å². The van der Waals surface area contributed by atoms with Crippen molar-refractivity contribution in [2.45, 2.75) is 13.5 Å². The van der Waals surface area contributed by atoms with Crippen LogP contribution in [0.3, 0.4) is 0 Å². The third-order valence-electron chi connectivity index (χ3n) is 2.82. The molecule has 0 radical (unpaired) electrons. The van der Waals surface area contributed by atoms with Gasteiger partial charge in [0.15, 0.2) is 0 Å². The maximum Gasteiger partial charge on any atom is 0.266 e. The second kappa shape index (κ2) is 6.39. The van der Waals surface area contributed by atoms with Gasteiger partial charge in [-0.2, -0.15) is 0 Å². The molecular weight excluding hydrogens is 278 g/mol. The van der Waals surface area contributed by atoms with Crippen LogP contribution in [0.5, 0.6) is 5.75 Å². The normalized spacial score (nSPS) is 10.3. The number of aromatic nitrogens is 1. The van der Waals surface area contributed by atoms with Gasteiger partial charge in [0, 0.05) is 6.20 Å². The molecule has 1 heterocycles. The molecule has 0 bridgehead atoms. The highest BCUT2D eigenvalue weighted by atomic mass is 35.5. The lowest BCUT2D eigenvalue weighted by Crippen LogP contribution is -2.26. The monoisotopic (exact) mass is 291 g/mol. The Labute approximate surface area is 121 Å². The Balaban J connectivity index is 2.43. The van der Waals surface area contributed by atoms with Crippen LogP contribution >= 0.6 is 11.6 Å². The maximum absolute atomic E-state index is 12.3. The number of pyridine rings is 1. The number of halogens is 1. The first-order valence-corrected chi connectivity index (χ1v) is 6.61. The molecule has 2 aromatic rings. The summed E-state index contributed by atoms with van der Waals surface area (Å²) < 4.78 is 6.70. The highest BCUT2D eigenvalue weighted by Gasteiger charge is 2.17. The van der Waals surface area contributed by atoms with Gasteiger partial charge in [-0.3, -0.25) is 9.59 Å². The van der Waals surface area contributed by atoms with Gasteiger partial charge in [-0.15, -0.1) is 0 Å². The van der Waals surface area contributed by atoms with E-state index in [1.807, 2.05) is 30.3 Å². The predicted octanol–water partition coefficient (Wildman–Crippen LogP) is 2.67. The van der Waals surface area contributed by atoms with Gasteiger partial charge in [0.1, 0.15) is 11.3 Å². The molecule has 0 aliphatic heterocycles. The molecule has 0 atom stereocenters. The largest absolute Gasteiger partial charge is 0.493 e. The van der Waals surface area contributed by atoms with Crippen molar-refractivity contribution in [1.82, 2.24) is 4.57 Å². The van der Waals surface area contributed by atoms with Crippen molar-refractivity contribution in [3.63, 3.8) is 0 Å². The number of benzene rings is 1. The highest BCUT2D eigenvalue weighted by Crippen LogP contribution is 2.16. The highest BCUT2D eigenvalue weighted by molar-refractivity contribution is 6.68. The van der Waals surface area contributed by atoms with Crippen molar-refractivity contribution in [2.75, 3.05) is 6.61 Å². The Morgan fingerprint density at radius 3 is 2.55 bits per heavy atom. The van der Waals surface area contributed by atoms with Crippen molar-refractivity contribution >= 4 is 16.8 Å². The SMILES string of the molecule is CCOc1ccn(Cc2ccccc2)c(=O)c1C(=O)Cl. The standard InChI is InChI=1S/C15H14ClNO3/c1-2-20-12-8-9-17(15(19)13(12)14(16)18)10-11-6-4-3-5-7-11/h3-9H,2,10H2,1H3. The number of ether oxygens (including phenoxy) is 1. The molecule has 0 saturated carbocycles. The lowest BCUT2D eigenvalue weighted by Gasteiger charge is -2.11. The summed E-state index contributed by atoms with van der Waals surface area (Å²) in [4.78, 5) is 23.7. The predicted molar refractivity (Wildman–Crippen MR) is 77.6 cm³/mol. The molecule has 0 amide bonds. The average molecular weight is 292 g/mol. The minimum absolute atomic E-state index is 0.119. The van der Waals surface area contributed by atoms with Crippen molar-refractivity contribution in [2.24, 2.45) is 0 Å². The zero-order chi connectivity index (χ0) is 14.5. The van der Waals surface area contributed by atoms with Crippen LogP contribution in [0.1, 0.15) is 22.8 Å². The van der Waals surface area contributed by atoms with E-state index in [0.717, 1.165) is 5.56 Å². The molecule has 20 heavy (non-hydrogen) atoms. The lowest BCUT2D eigenvalue weighted by atomic mass is 10.2. The maximum atomic E-state index is 12.3. The molecule has 0 N–H and O–H groups in total. The smallest absolute Gasteiger partial charge is 0.266 e. The van der Waals surface area contributed by atoms with E-state index in [2.05, 4.69) is 0 Å². The molecule has 0 aliphatic carbocycles. The molecule has 0 unspecified atom stereocenters. The van der Waals surface area contributed by atoms with E-state index in [-0.39, 0.29) is 11.3 Å². The van der Waals surface area contributed by atoms with Crippen LogP contribution in [-0.2, 0) is 6.54 Å². The second-order valence-electron chi connectivity index (χ2n) is 4.18. The first-order valence-electron chi connectivity index (χ1n) is 6.23. The van der Waals surface area contributed by atoms with Crippen LogP contribution in [0.15, 0.2) is 47.4 Å². The Hall–Kier alpha value is -2.07. The molecule has 1 aromatic carbocycles. The van der Waals surface area contributed by atoms with E-state index in [0.29, 0.717) is 13.2 Å². The molecule has 1 aromatic heterocycles. The van der Waals surface area contributed by atoms with Crippen LogP contribution < -0.4 is 10.3 Å². The van der Waals surface area contributed by atoms with Crippen LogP contribution in [0.2, 0.25) is 0 Å². The molecule has 0 saturated heterocycles. The van der Waals surface area contributed by atoms with Gasteiger partial charge in [-0.25, -0.2) is 0 Å². The van der Waals surface area contributed by atoms with Crippen LogP contribution in [0, 0.1) is 0 Å². The van der Waals surface area contributed by atoms with Gasteiger partial charge < -0.3 is 9.30 Å². The van der Waals surface area contributed by atoms with Crippen LogP contribution in [0.4, 0.5) is 0 Å².